The molecule has 0 fully saturated rings. The van der Waals surface area contributed by atoms with E-state index >= 15 is 0 Å². The molecule has 2 aromatic rings. The number of aromatic hydroxyl groups is 4. The minimum absolute atomic E-state index is 0.0266. The maximum absolute atomic E-state index is 12.3. The van der Waals surface area contributed by atoms with Gasteiger partial charge in [0.05, 0.1) is 6.54 Å². The fourth-order valence-corrected chi connectivity index (χ4v) is 2.69. The Labute approximate surface area is 137 Å². The van der Waals surface area contributed by atoms with E-state index in [1.165, 1.54) is 11.0 Å². The van der Waals surface area contributed by atoms with Crippen molar-refractivity contribution in [3.8, 4) is 23.0 Å². The molecule has 0 aliphatic carbocycles. The largest absolute Gasteiger partial charge is 0.504 e. The number of aromatic nitrogens is 1. The molecule has 0 spiro atoms. The van der Waals surface area contributed by atoms with E-state index in [0.29, 0.717) is 12.1 Å². The molecule has 7 heteroatoms. The van der Waals surface area contributed by atoms with Crippen molar-refractivity contribution >= 4 is 12.0 Å². The van der Waals surface area contributed by atoms with Gasteiger partial charge < -0.3 is 25.3 Å². The molecular formula is C17H16N2O5. The van der Waals surface area contributed by atoms with Crippen molar-refractivity contribution in [2.45, 2.75) is 13.0 Å². The summed E-state index contributed by atoms with van der Waals surface area (Å²) < 4.78 is 0. The summed E-state index contributed by atoms with van der Waals surface area (Å²) in [6.45, 7) is 0.346. The highest BCUT2D eigenvalue weighted by Gasteiger charge is 2.29. The first-order valence-corrected chi connectivity index (χ1v) is 7.33. The lowest BCUT2D eigenvalue weighted by atomic mass is 9.96. The Balaban J connectivity index is 1.82. The first kappa shape index (κ1) is 15.7. The zero-order chi connectivity index (χ0) is 17.3. The number of fused-ring (bicyclic) bond motifs is 1. The second-order valence-electron chi connectivity index (χ2n) is 5.48. The van der Waals surface area contributed by atoms with Crippen LogP contribution in [-0.2, 0) is 17.8 Å². The van der Waals surface area contributed by atoms with Gasteiger partial charge in [0.1, 0.15) is 0 Å². The van der Waals surface area contributed by atoms with E-state index in [9.17, 15) is 25.2 Å². The molecule has 0 unspecified atom stereocenters. The van der Waals surface area contributed by atoms with Gasteiger partial charge in [-0.25, -0.2) is 0 Å². The molecule has 0 atom stereocenters. The zero-order valence-corrected chi connectivity index (χ0v) is 12.7. The topological polar surface area (TPSA) is 114 Å². The number of benzene rings is 1. The van der Waals surface area contributed by atoms with E-state index in [1.807, 2.05) is 6.07 Å². The standard InChI is InChI=1S/C17H16N2O5/c20-13(4-3-10-2-1-6-18-8-10)19-7-5-11-12(9-19)15(22)17(24)16(23)14(11)21/h1-4,6,8,21-24H,5,7,9H2/b4-3+. The summed E-state index contributed by atoms with van der Waals surface area (Å²) in [7, 11) is 0. The summed E-state index contributed by atoms with van der Waals surface area (Å²) in [6, 6.07) is 3.57. The molecule has 1 aromatic carbocycles. The van der Waals surface area contributed by atoms with Gasteiger partial charge in [-0.2, -0.15) is 0 Å². The predicted molar refractivity (Wildman–Crippen MR) is 85.5 cm³/mol. The Morgan fingerprint density at radius 2 is 1.79 bits per heavy atom. The van der Waals surface area contributed by atoms with Crippen LogP contribution in [0.2, 0.25) is 0 Å². The lowest BCUT2D eigenvalue weighted by molar-refractivity contribution is -0.126. The molecule has 24 heavy (non-hydrogen) atoms. The van der Waals surface area contributed by atoms with Crippen molar-refractivity contribution in [1.82, 2.24) is 9.88 Å². The Bertz CT molecular complexity index is 818. The van der Waals surface area contributed by atoms with Crippen molar-refractivity contribution in [3.63, 3.8) is 0 Å². The van der Waals surface area contributed by atoms with E-state index < -0.39 is 23.0 Å². The monoisotopic (exact) mass is 328 g/mol. The van der Waals surface area contributed by atoms with Crippen molar-refractivity contribution in [2.24, 2.45) is 0 Å². The molecule has 0 radical (unpaired) electrons. The van der Waals surface area contributed by atoms with Crippen LogP contribution in [0.4, 0.5) is 0 Å². The molecule has 7 nitrogen and oxygen atoms in total. The number of hydrogen-bond donors (Lipinski definition) is 4. The first-order chi connectivity index (χ1) is 11.5. The van der Waals surface area contributed by atoms with Crippen LogP contribution in [0.15, 0.2) is 30.6 Å². The lowest BCUT2D eigenvalue weighted by Crippen LogP contribution is -2.34. The number of phenolic OH excluding ortho intramolecular Hbond substituents is 4. The molecule has 2 heterocycles. The quantitative estimate of drug-likeness (QED) is 0.377. The molecule has 4 N–H and O–H groups in total. The molecular weight excluding hydrogens is 312 g/mol. The van der Waals surface area contributed by atoms with E-state index in [1.54, 1.807) is 24.5 Å². The van der Waals surface area contributed by atoms with Gasteiger partial charge >= 0.3 is 0 Å². The summed E-state index contributed by atoms with van der Waals surface area (Å²) in [5, 5.41) is 39.1. The Morgan fingerprint density at radius 1 is 1.08 bits per heavy atom. The minimum Gasteiger partial charge on any atom is -0.504 e. The van der Waals surface area contributed by atoms with E-state index in [4.69, 9.17) is 0 Å². The van der Waals surface area contributed by atoms with Gasteiger partial charge in [-0.1, -0.05) is 6.07 Å². The van der Waals surface area contributed by atoms with Crippen molar-refractivity contribution in [3.05, 3.63) is 47.3 Å². The van der Waals surface area contributed by atoms with Crippen molar-refractivity contribution in [1.29, 1.82) is 0 Å². The van der Waals surface area contributed by atoms with Crippen LogP contribution in [0, 0.1) is 0 Å². The highest BCUT2D eigenvalue weighted by molar-refractivity contribution is 5.92. The van der Waals surface area contributed by atoms with Crippen molar-refractivity contribution < 1.29 is 25.2 Å². The van der Waals surface area contributed by atoms with Gasteiger partial charge in [-0.05, 0) is 24.1 Å². The Hall–Kier alpha value is -3.22. The number of rotatable bonds is 2. The Morgan fingerprint density at radius 3 is 2.46 bits per heavy atom. The fourth-order valence-electron chi connectivity index (χ4n) is 2.69. The van der Waals surface area contributed by atoms with Crippen LogP contribution in [0.1, 0.15) is 16.7 Å². The molecule has 124 valence electrons. The van der Waals surface area contributed by atoms with Gasteiger partial charge in [-0.3, -0.25) is 9.78 Å². The Kier molecular flexibility index (Phi) is 3.99. The van der Waals surface area contributed by atoms with Crippen LogP contribution >= 0.6 is 0 Å². The van der Waals surface area contributed by atoms with E-state index in [2.05, 4.69) is 4.98 Å². The van der Waals surface area contributed by atoms with Crippen LogP contribution in [0.5, 0.6) is 23.0 Å². The lowest BCUT2D eigenvalue weighted by Gasteiger charge is -2.29. The molecule has 1 aliphatic rings. The zero-order valence-electron chi connectivity index (χ0n) is 12.7. The SMILES string of the molecule is O=C(/C=C/c1cccnc1)N1CCc2c(O)c(O)c(O)c(O)c2C1. The molecule has 1 aromatic heterocycles. The van der Waals surface area contributed by atoms with Gasteiger partial charge in [0.25, 0.3) is 0 Å². The van der Waals surface area contributed by atoms with Gasteiger partial charge in [0.15, 0.2) is 11.5 Å². The molecule has 1 aliphatic heterocycles. The van der Waals surface area contributed by atoms with Gasteiger partial charge in [-0.15, -0.1) is 0 Å². The number of amides is 1. The first-order valence-electron chi connectivity index (χ1n) is 7.33. The maximum atomic E-state index is 12.3. The van der Waals surface area contributed by atoms with E-state index in [-0.39, 0.29) is 24.4 Å². The number of carbonyl (C=O) groups excluding carboxylic acids is 1. The third-order valence-corrected chi connectivity index (χ3v) is 4.00. The number of pyridine rings is 1. The van der Waals surface area contributed by atoms with Crippen LogP contribution in [0.3, 0.4) is 0 Å². The average Bonchev–Trinajstić information content (AvgIpc) is 2.63. The summed E-state index contributed by atoms with van der Waals surface area (Å²) in [4.78, 5) is 17.7. The summed E-state index contributed by atoms with van der Waals surface area (Å²) in [5.74, 6) is -2.78. The molecule has 0 saturated carbocycles. The highest BCUT2D eigenvalue weighted by atomic mass is 16.3. The second-order valence-corrected chi connectivity index (χ2v) is 5.48. The highest BCUT2D eigenvalue weighted by Crippen LogP contribution is 2.48. The number of phenols is 4. The minimum atomic E-state index is -0.786. The van der Waals surface area contributed by atoms with E-state index in [0.717, 1.165) is 5.56 Å². The van der Waals surface area contributed by atoms with Crippen LogP contribution in [-0.4, -0.2) is 42.8 Å². The van der Waals surface area contributed by atoms with Gasteiger partial charge in [0.2, 0.25) is 17.4 Å². The van der Waals surface area contributed by atoms with Crippen LogP contribution in [0.25, 0.3) is 6.08 Å². The number of carbonyl (C=O) groups is 1. The summed E-state index contributed by atoms with van der Waals surface area (Å²) in [5.41, 5.74) is 1.35. The normalized spacial score (nSPS) is 13.9. The van der Waals surface area contributed by atoms with Crippen LogP contribution < -0.4 is 0 Å². The summed E-state index contributed by atoms with van der Waals surface area (Å²) >= 11 is 0. The molecule has 3 rings (SSSR count). The fraction of sp³-hybridized carbons (Fsp3) is 0.176. The average molecular weight is 328 g/mol. The second kappa shape index (κ2) is 6.11. The number of hydrogen-bond acceptors (Lipinski definition) is 6. The third kappa shape index (κ3) is 2.71. The number of nitrogens with zero attached hydrogens (tertiary/aromatic N) is 2. The van der Waals surface area contributed by atoms with Crippen molar-refractivity contribution in [2.75, 3.05) is 6.54 Å². The molecule has 0 bridgehead atoms. The molecule has 1 amide bonds. The summed E-state index contributed by atoms with van der Waals surface area (Å²) in [6.07, 6.45) is 6.56. The van der Waals surface area contributed by atoms with Gasteiger partial charge in [0, 0.05) is 36.1 Å². The smallest absolute Gasteiger partial charge is 0.246 e. The third-order valence-electron chi connectivity index (χ3n) is 4.00. The predicted octanol–water partition coefficient (Wildman–Crippen LogP) is 1.50. The molecule has 0 saturated heterocycles. The maximum Gasteiger partial charge on any atom is 0.246 e.